The molecule has 0 aromatic heterocycles. The van der Waals surface area contributed by atoms with Crippen molar-refractivity contribution in [2.45, 2.75) is 30.7 Å². The topological polar surface area (TPSA) is 91.8 Å². The SMILES string of the molecule is CC(c1ccc(S(C)(=O)=O)cc1)N(C)C(=O)c1ccc(N2C(=O)CCC2=O)cc1. The monoisotopic (exact) mass is 414 g/mol. The molecule has 29 heavy (non-hydrogen) atoms. The number of amides is 3. The molecule has 0 spiro atoms. The number of imide groups is 1. The van der Waals surface area contributed by atoms with E-state index in [4.69, 9.17) is 0 Å². The minimum atomic E-state index is -3.28. The predicted molar refractivity (Wildman–Crippen MR) is 108 cm³/mol. The maximum absolute atomic E-state index is 12.8. The van der Waals surface area contributed by atoms with E-state index in [9.17, 15) is 22.8 Å². The molecule has 0 N–H and O–H groups in total. The zero-order chi connectivity index (χ0) is 21.3. The zero-order valence-corrected chi connectivity index (χ0v) is 17.3. The van der Waals surface area contributed by atoms with Crippen LogP contribution < -0.4 is 4.90 Å². The average Bonchev–Trinajstić information content (AvgIpc) is 3.04. The van der Waals surface area contributed by atoms with Gasteiger partial charge in [-0.25, -0.2) is 8.42 Å². The first-order valence-corrected chi connectivity index (χ1v) is 11.0. The number of benzene rings is 2. The maximum atomic E-state index is 12.8. The van der Waals surface area contributed by atoms with Crippen molar-refractivity contribution in [1.82, 2.24) is 4.90 Å². The van der Waals surface area contributed by atoms with Crippen LogP contribution in [0.15, 0.2) is 53.4 Å². The molecule has 0 bridgehead atoms. The van der Waals surface area contributed by atoms with E-state index in [2.05, 4.69) is 0 Å². The molecule has 2 aromatic carbocycles. The molecule has 0 saturated carbocycles. The Morgan fingerprint density at radius 3 is 1.97 bits per heavy atom. The number of nitrogens with zero attached hydrogens (tertiary/aromatic N) is 2. The lowest BCUT2D eigenvalue weighted by molar-refractivity contribution is -0.121. The molecule has 1 saturated heterocycles. The second kappa shape index (κ2) is 7.79. The van der Waals surface area contributed by atoms with Crippen LogP contribution in [0.4, 0.5) is 5.69 Å². The quantitative estimate of drug-likeness (QED) is 0.701. The summed E-state index contributed by atoms with van der Waals surface area (Å²) in [6.07, 6.45) is 1.56. The average molecular weight is 414 g/mol. The smallest absolute Gasteiger partial charge is 0.254 e. The number of hydrogen-bond donors (Lipinski definition) is 0. The summed E-state index contributed by atoms with van der Waals surface area (Å²) < 4.78 is 23.2. The van der Waals surface area contributed by atoms with Crippen LogP contribution in [0.5, 0.6) is 0 Å². The van der Waals surface area contributed by atoms with Gasteiger partial charge in [0, 0.05) is 31.7 Å². The van der Waals surface area contributed by atoms with Gasteiger partial charge in [-0.15, -0.1) is 0 Å². The van der Waals surface area contributed by atoms with E-state index in [1.807, 2.05) is 6.92 Å². The molecule has 2 aromatic rings. The molecule has 3 rings (SSSR count). The van der Waals surface area contributed by atoms with Crippen LogP contribution in [0.3, 0.4) is 0 Å². The number of carbonyl (C=O) groups excluding carboxylic acids is 3. The van der Waals surface area contributed by atoms with Gasteiger partial charge < -0.3 is 4.90 Å². The highest BCUT2D eigenvalue weighted by Gasteiger charge is 2.30. The summed E-state index contributed by atoms with van der Waals surface area (Å²) in [4.78, 5) is 39.4. The molecule has 8 heteroatoms. The van der Waals surface area contributed by atoms with Gasteiger partial charge in [0.15, 0.2) is 9.84 Å². The maximum Gasteiger partial charge on any atom is 0.254 e. The van der Waals surface area contributed by atoms with E-state index in [0.717, 1.165) is 16.7 Å². The molecule has 7 nitrogen and oxygen atoms in total. The lowest BCUT2D eigenvalue weighted by Crippen LogP contribution is -2.30. The summed E-state index contributed by atoms with van der Waals surface area (Å²) in [5.41, 5.74) is 1.69. The van der Waals surface area contributed by atoms with Gasteiger partial charge in [0.25, 0.3) is 5.91 Å². The molecular weight excluding hydrogens is 392 g/mol. The molecule has 0 aliphatic carbocycles. The van der Waals surface area contributed by atoms with Gasteiger partial charge in [0.1, 0.15) is 0 Å². The standard InChI is InChI=1S/C21H22N2O5S/c1-14(15-6-10-18(11-7-15)29(3,27)28)22(2)21(26)16-4-8-17(9-5-16)23-19(24)12-13-20(23)25/h4-11,14H,12-13H2,1-3H3. The number of hydrogen-bond acceptors (Lipinski definition) is 5. The Hall–Kier alpha value is -3.00. The highest BCUT2D eigenvalue weighted by molar-refractivity contribution is 7.90. The normalized spacial score (nSPS) is 15.5. The summed E-state index contributed by atoms with van der Waals surface area (Å²) in [6, 6.07) is 12.5. The van der Waals surface area contributed by atoms with Crippen molar-refractivity contribution in [2.75, 3.05) is 18.2 Å². The van der Waals surface area contributed by atoms with Crippen LogP contribution in [0.25, 0.3) is 0 Å². The molecule has 1 atom stereocenters. The highest BCUT2D eigenvalue weighted by atomic mass is 32.2. The predicted octanol–water partition coefficient (Wildman–Crippen LogP) is 2.58. The summed E-state index contributed by atoms with van der Waals surface area (Å²) in [5, 5.41) is 0. The zero-order valence-electron chi connectivity index (χ0n) is 16.5. The van der Waals surface area contributed by atoms with Gasteiger partial charge in [-0.3, -0.25) is 19.3 Å². The summed E-state index contributed by atoms with van der Waals surface area (Å²) in [6.45, 7) is 1.85. The van der Waals surface area contributed by atoms with Gasteiger partial charge in [0.05, 0.1) is 16.6 Å². The number of carbonyl (C=O) groups is 3. The van der Waals surface area contributed by atoms with E-state index in [1.165, 1.54) is 12.1 Å². The van der Waals surface area contributed by atoms with Gasteiger partial charge in [-0.2, -0.15) is 0 Å². The van der Waals surface area contributed by atoms with Gasteiger partial charge >= 0.3 is 0 Å². The van der Waals surface area contributed by atoms with E-state index in [1.54, 1.807) is 48.3 Å². The van der Waals surface area contributed by atoms with Crippen molar-refractivity contribution in [3.63, 3.8) is 0 Å². The molecule has 0 radical (unpaired) electrons. The molecule has 1 fully saturated rings. The molecule has 1 unspecified atom stereocenters. The Balaban J connectivity index is 1.75. The molecule has 1 aliphatic heterocycles. The van der Waals surface area contributed by atoms with Gasteiger partial charge in [-0.1, -0.05) is 12.1 Å². The minimum absolute atomic E-state index is 0.206. The van der Waals surface area contributed by atoms with E-state index in [-0.39, 0.29) is 41.5 Å². The first kappa shape index (κ1) is 20.7. The van der Waals surface area contributed by atoms with E-state index >= 15 is 0 Å². The Kier molecular flexibility index (Phi) is 5.57. The van der Waals surface area contributed by atoms with Crippen molar-refractivity contribution in [1.29, 1.82) is 0 Å². The fourth-order valence-electron chi connectivity index (χ4n) is 3.21. The largest absolute Gasteiger partial charge is 0.335 e. The van der Waals surface area contributed by atoms with Crippen LogP contribution in [0.2, 0.25) is 0 Å². The third kappa shape index (κ3) is 4.22. The van der Waals surface area contributed by atoms with Crippen LogP contribution in [0.1, 0.15) is 41.7 Å². The third-order valence-electron chi connectivity index (χ3n) is 5.12. The van der Waals surface area contributed by atoms with E-state index in [0.29, 0.717) is 11.3 Å². The Bertz CT molecular complexity index is 1040. The second-order valence-corrected chi connectivity index (χ2v) is 9.12. The lowest BCUT2D eigenvalue weighted by Gasteiger charge is -2.26. The molecule has 3 amide bonds. The van der Waals surface area contributed by atoms with Crippen molar-refractivity contribution in [3.8, 4) is 0 Å². The third-order valence-corrected chi connectivity index (χ3v) is 6.24. The number of rotatable bonds is 5. The van der Waals surface area contributed by atoms with Crippen LogP contribution >= 0.6 is 0 Å². The molecule has 1 heterocycles. The van der Waals surface area contributed by atoms with Crippen LogP contribution in [-0.2, 0) is 19.4 Å². The molecule has 152 valence electrons. The highest BCUT2D eigenvalue weighted by Crippen LogP contribution is 2.25. The lowest BCUT2D eigenvalue weighted by atomic mass is 10.1. The van der Waals surface area contributed by atoms with Crippen molar-refractivity contribution < 1.29 is 22.8 Å². The first-order chi connectivity index (χ1) is 13.6. The van der Waals surface area contributed by atoms with Gasteiger partial charge in [0.2, 0.25) is 11.8 Å². The van der Waals surface area contributed by atoms with E-state index < -0.39 is 9.84 Å². The Labute approximate surface area is 169 Å². The van der Waals surface area contributed by atoms with Gasteiger partial charge in [-0.05, 0) is 48.9 Å². The van der Waals surface area contributed by atoms with Crippen LogP contribution in [0, 0.1) is 0 Å². The Morgan fingerprint density at radius 1 is 0.966 bits per heavy atom. The summed E-state index contributed by atoms with van der Waals surface area (Å²) in [7, 11) is -1.61. The molecular formula is C21H22N2O5S. The fourth-order valence-corrected chi connectivity index (χ4v) is 3.84. The number of anilines is 1. The summed E-state index contributed by atoms with van der Waals surface area (Å²) >= 11 is 0. The minimum Gasteiger partial charge on any atom is -0.335 e. The second-order valence-electron chi connectivity index (χ2n) is 7.10. The van der Waals surface area contributed by atoms with Crippen molar-refractivity contribution in [2.24, 2.45) is 0 Å². The summed E-state index contributed by atoms with van der Waals surface area (Å²) in [5.74, 6) is -0.704. The van der Waals surface area contributed by atoms with Crippen LogP contribution in [-0.4, -0.2) is 44.3 Å². The van der Waals surface area contributed by atoms with Crippen molar-refractivity contribution >= 4 is 33.2 Å². The van der Waals surface area contributed by atoms with Crippen molar-refractivity contribution in [3.05, 3.63) is 59.7 Å². The fraction of sp³-hybridized carbons (Fsp3) is 0.286. The Morgan fingerprint density at radius 2 is 1.48 bits per heavy atom. The first-order valence-electron chi connectivity index (χ1n) is 9.12. The number of sulfone groups is 1. The molecule has 1 aliphatic rings.